The minimum atomic E-state index is 0.0519. The highest BCUT2D eigenvalue weighted by molar-refractivity contribution is 6.45. The molecule has 0 amide bonds. The van der Waals surface area contributed by atoms with Gasteiger partial charge in [0, 0.05) is 12.4 Å². The van der Waals surface area contributed by atoms with Crippen molar-refractivity contribution in [2.24, 2.45) is 12.8 Å². The van der Waals surface area contributed by atoms with E-state index in [0.29, 0.717) is 0 Å². The molecule has 4 nitrogen and oxygen atoms in total. The predicted octanol–water partition coefficient (Wildman–Crippen LogP) is 1.25. The normalized spacial score (nSPS) is 36.6. The summed E-state index contributed by atoms with van der Waals surface area (Å²) in [6, 6.07) is 0. The van der Waals surface area contributed by atoms with Crippen molar-refractivity contribution in [1.82, 2.24) is 14.8 Å². The Labute approximate surface area is 110 Å². The minimum absolute atomic E-state index is 0.0519. The first-order valence-corrected chi connectivity index (χ1v) is 7.27. The van der Waals surface area contributed by atoms with Gasteiger partial charge in [0.1, 0.15) is 12.2 Å². The summed E-state index contributed by atoms with van der Waals surface area (Å²) in [7, 11) is 3.17. The fraction of sp³-hybridized carbons (Fsp3) is 0.846. The van der Waals surface area contributed by atoms with Gasteiger partial charge >= 0.3 is 0 Å². The Kier molecular flexibility index (Phi) is 2.97. The monoisotopic (exact) mass is 246 g/mol. The summed E-state index contributed by atoms with van der Waals surface area (Å²) in [5.41, 5.74) is 6.67. The molecule has 2 saturated heterocycles. The van der Waals surface area contributed by atoms with Gasteiger partial charge in [-0.25, -0.2) is 0 Å². The Balaban J connectivity index is 1.95. The highest BCUT2D eigenvalue weighted by Crippen LogP contribution is 2.44. The van der Waals surface area contributed by atoms with Crippen molar-refractivity contribution in [1.29, 1.82) is 0 Å². The molecule has 2 aliphatic rings. The third-order valence-corrected chi connectivity index (χ3v) is 5.06. The molecule has 1 aromatic heterocycles. The van der Waals surface area contributed by atoms with Crippen LogP contribution in [0.2, 0.25) is 0 Å². The van der Waals surface area contributed by atoms with E-state index in [2.05, 4.69) is 21.8 Å². The molecule has 5 heteroatoms. The Morgan fingerprint density at radius 2 is 1.94 bits per heavy atom. The van der Waals surface area contributed by atoms with Crippen LogP contribution in [-0.2, 0) is 12.4 Å². The van der Waals surface area contributed by atoms with Gasteiger partial charge in [-0.05, 0) is 31.1 Å². The molecule has 2 atom stereocenters. The molecular formula is C13H23BN4. The van der Waals surface area contributed by atoms with E-state index >= 15 is 0 Å². The van der Waals surface area contributed by atoms with E-state index in [1.807, 2.05) is 6.33 Å². The van der Waals surface area contributed by atoms with Crippen molar-refractivity contribution in [3.63, 3.8) is 0 Å². The first-order chi connectivity index (χ1) is 8.64. The number of aryl methyl sites for hydroxylation is 1. The van der Waals surface area contributed by atoms with Crippen LogP contribution in [0, 0.1) is 0 Å². The predicted molar refractivity (Wildman–Crippen MR) is 73.7 cm³/mol. The molecule has 98 valence electrons. The van der Waals surface area contributed by atoms with E-state index in [1.54, 1.807) is 0 Å². The number of rotatable bonds is 1. The molecule has 1 aromatic rings. The largest absolute Gasteiger partial charge is 0.332 e. The highest BCUT2D eigenvalue weighted by Gasteiger charge is 2.50. The zero-order chi connectivity index (χ0) is 12.6. The maximum atomic E-state index is 6.62. The second kappa shape index (κ2) is 4.37. The van der Waals surface area contributed by atoms with E-state index in [-0.39, 0.29) is 10.8 Å². The molecule has 2 N–H and O–H groups in total. The molecule has 0 radical (unpaired) electrons. The lowest BCUT2D eigenvalue weighted by molar-refractivity contribution is 0.413. The van der Waals surface area contributed by atoms with Crippen molar-refractivity contribution in [3.8, 4) is 0 Å². The smallest absolute Gasteiger partial charge is 0.162 e. The van der Waals surface area contributed by atoms with Gasteiger partial charge in [-0.3, -0.25) is 0 Å². The fourth-order valence-corrected chi connectivity index (χ4v) is 4.13. The van der Waals surface area contributed by atoms with Crippen LogP contribution in [0.5, 0.6) is 0 Å². The molecule has 3 heterocycles. The second-order valence-corrected chi connectivity index (χ2v) is 6.50. The SMILES string of the molecule is Cn1cnnc1C12BC(N)(CCCCCC1)CC2. The summed E-state index contributed by atoms with van der Waals surface area (Å²) in [6.45, 7) is 0. The molecule has 2 aliphatic heterocycles. The summed E-state index contributed by atoms with van der Waals surface area (Å²) in [5.74, 6) is 1.16. The lowest BCUT2D eigenvalue weighted by Crippen LogP contribution is -2.48. The molecule has 0 aliphatic carbocycles. The Hall–Kier alpha value is -0.835. The van der Waals surface area contributed by atoms with Crippen LogP contribution >= 0.6 is 0 Å². The Bertz CT molecular complexity index is 432. The van der Waals surface area contributed by atoms with Gasteiger partial charge in [-0.2, -0.15) is 0 Å². The molecule has 2 unspecified atom stereocenters. The third kappa shape index (κ3) is 1.98. The van der Waals surface area contributed by atoms with Crippen molar-refractivity contribution >= 4 is 7.28 Å². The third-order valence-electron chi connectivity index (χ3n) is 5.06. The van der Waals surface area contributed by atoms with Crippen LogP contribution in [0.1, 0.15) is 57.2 Å². The minimum Gasteiger partial charge on any atom is -0.332 e. The first-order valence-electron chi connectivity index (χ1n) is 7.27. The van der Waals surface area contributed by atoms with Crippen LogP contribution in [0.3, 0.4) is 0 Å². The van der Waals surface area contributed by atoms with Gasteiger partial charge in [-0.15, -0.1) is 10.2 Å². The number of fused-ring (bicyclic) bond motifs is 2. The molecular weight excluding hydrogens is 223 g/mol. The number of hydrogen-bond donors (Lipinski definition) is 1. The van der Waals surface area contributed by atoms with Gasteiger partial charge in [0.2, 0.25) is 0 Å². The lowest BCUT2D eigenvalue weighted by Gasteiger charge is -2.29. The first kappa shape index (κ1) is 12.2. The molecule has 0 saturated carbocycles. The molecule has 2 bridgehead atoms. The van der Waals surface area contributed by atoms with Crippen molar-refractivity contribution in [2.75, 3.05) is 0 Å². The van der Waals surface area contributed by atoms with Crippen LogP contribution in [0.25, 0.3) is 0 Å². The summed E-state index contributed by atoms with van der Waals surface area (Å²) >= 11 is 0. The van der Waals surface area contributed by atoms with Crippen molar-refractivity contribution in [2.45, 2.75) is 62.1 Å². The molecule has 3 rings (SSSR count). The van der Waals surface area contributed by atoms with Crippen molar-refractivity contribution < 1.29 is 0 Å². The molecule has 0 aromatic carbocycles. The lowest BCUT2D eigenvalue weighted by atomic mass is 9.45. The number of aromatic nitrogens is 3. The average molecular weight is 246 g/mol. The molecule has 18 heavy (non-hydrogen) atoms. The van der Waals surface area contributed by atoms with E-state index in [4.69, 9.17) is 5.73 Å². The number of nitrogens with two attached hydrogens (primary N) is 1. The summed E-state index contributed by atoms with van der Waals surface area (Å²) in [5, 5.41) is 8.68. The van der Waals surface area contributed by atoms with Crippen molar-refractivity contribution in [3.05, 3.63) is 12.2 Å². The summed E-state index contributed by atoms with van der Waals surface area (Å²) < 4.78 is 2.10. The topological polar surface area (TPSA) is 56.7 Å². The maximum Gasteiger partial charge on any atom is 0.162 e. The van der Waals surface area contributed by atoms with Crippen LogP contribution in [-0.4, -0.2) is 27.5 Å². The standard InChI is InChI=1S/C13H23BN4/c1-18-10-16-17-11(18)12-6-4-2-3-5-7-13(15,14-12)9-8-12/h10,14H,2-9,15H2,1H3. The second-order valence-electron chi connectivity index (χ2n) is 6.50. The van der Waals surface area contributed by atoms with Gasteiger partial charge in [-0.1, -0.05) is 25.7 Å². The fourth-order valence-electron chi connectivity index (χ4n) is 4.13. The van der Waals surface area contributed by atoms with E-state index in [0.717, 1.165) is 19.5 Å². The quantitative estimate of drug-likeness (QED) is 0.759. The van der Waals surface area contributed by atoms with Crippen LogP contribution < -0.4 is 5.73 Å². The summed E-state index contributed by atoms with van der Waals surface area (Å²) in [6.07, 6.45) is 11.9. The average Bonchev–Trinajstić information content (AvgIpc) is 2.91. The highest BCUT2D eigenvalue weighted by atomic mass is 15.3. The zero-order valence-electron chi connectivity index (χ0n) is 11.4. The van der Waals surface area contributed by atoms with Gasteiger partial charge in [0.25, 0.3) is 0 Å². The van der Waals surface area contributed by atoms with Gasteiger partial charge in [0.15, 0.2) is 7.28 Å². The van der Waals surface area contributed by atoms with E-state index < -0.39 is 0 Å². The van der Waals surface area contributed by atoms with Gasteiger partial charge in [0.05, 0.1) is 0 Å². The molecule has 0 spiro atoms. The maximum absolute atomic E-state index is 6.62. The van der Waals surface area contributed by atoms with E-state index in [1.165, 1.54) is 44.9 Å². The Morgan fingerprint density at radius 1 is 1.17 bits per heavy atom. The zero-order valence-corrected chi connectivity index (χ0v) is 11.4. The van der Waals surface area contributed by atoms with Gasteiger partial charge < -0.3 is 10.3 Å². The van der Waals surface area contributed by atoms with E-state index in [9.17, 15) is 0 Å². The molecule has 2 fully saturated rings. The Morgan fingerprint density at radius 3 is 2.67 bits per heavy atom. The number of hydrogen-bond acceptors (Lipinski definition) is 3. The number of nitrogens with zero attached hydrogens (tertiary/aromatic N) is 3. The van der Waals surface area contributed by atoms with Crippen LogP contribution in [0.4, 0.5) is 0 Å². The van der Waals surface area contributed by atoms with Crippen LogP contribution in [0.15, 0.2) is 6.33 Å². The summed E-state index contributed by atoms with van der Waals surface area (Å²) in [4.78, 5) is 0.